The lowest BCUT2D eigenvalue weighted by Crippen LogP contribution is -2.18. The topological polar surface area (TPSA) is 34.4 Å². The van der Waals surface area contributed by atoms with Crippen molar-refractivity contribution in [2.45, 2.75) is 13.5 Å². The molecule has 3 rings (SSSR count). The van der Waals surface area contributed by atoms with Crippen LogP contribution < -0.4 is 4.80 Å². The van der Waals surface area contributed by atoms with E-state index in [-0.39, 0.29) is 5.91 Å². The second-order valence-corrected chi connectivity index (χ2v) is 8.28. The summed E-state index contributed by atoms with van der Waals surface area (Å²) in [7, 11) is 0. The summed E-state index contributed by atoms with van der Waals surface area (Å²) >= 11 is 6.85. The van der Waals surface area contributed by atoms with Crippen molar-refractivity contribution in [3.8, 4) is 0 Å². The largest absolute Gasteiger partial charge is 0.316 e. The van der Waals surface area contributed by atoms with Crippen LogP contribution in [0.2, 0.25) is 0 Å². The molecule has 0 saturated carbocycles. The number of aryl methyl sites for hydroxylation is 2. The minimum atomic E-state index is -0.184. The first-order valence-corrected chi connectivity index (χ1v) is 10.5. The lowest BCUT2D eigenvalue weighted by atomic mass is 10.1. The summed E-state index contributed by atoms with van der Waals surface area (Å²) < 4.78 is 4.30. The fraction of sp³-hybridized carbons (Fsp3) is 0.222. The molecule has 0 aliphatic heterocycles. The maximum Gasteiger partial charge on any atom is 0.279 e. The molecule has 3 nitrogen and oxygen atoms in total. The first-order chi connectivity index (χ1) is 11.6. The Morgan fingerprint density at radius 2 is 2.08 bits per heavy atom. The van der Waals surface area contributed by atoms with Gasteiger partial charge in [-0.05, 0) is 43.0 Å². The van der Waals surface area contributed by atoms with Gasteiger partial charge in [-0.15, -0.1) is 0 Å². The van der Waals surface area contributed by atoms with Gasteiger partial charge in [0.1, 0.15) is 0 Å². The molecular formula is C18H17BrN2OS2. The molecule has 0 fully saturated rings. The second kappa shape index (κ2) is 7.68. The number of nitrogens with zero attached hydrogens (tertiary/aromatic N) is 2. The number of hydrogen-bond acceptors (Lipinski definition) is 3. The number of benzene rings is 2. The molecule has 6 heteroatoms. The molecule has 0 N–H and O–H groups in total. The zero-order valence-corrected chi connectivity index (χ0v) is 16.7. The molecule has 124 valence electrons. The van der Waals surface area contributed by atoms with Crippen LogP contribution in [0.4, 0.5) is 0 Å². The number of aromatic nitrogens is 1. The minimum absolute atomic E-state index is 0.184. The standard InChI is InChI=1S/C18H17BrN2OS2/c1-12-5-3-4-6-14(12)17(22)20-18-21(9-10-23-2)15-8-7-13(19)11-16(15)24-18/h3-8,11H,9-10H2,1-2H3. The first kappa shape index (κ1) is 17.5. The molecule has 1 heterocycles. The van der Waals surface area contributed by atoms with Gasteiger partial charge >= 0.3 is 0 Å². The smallest absolute Gasteiger partial charge is 0.279 e. The Hall–Kier alpha value is -1.37. The Morgan fingerprint density at radius 1 is 1.29 bits per heavy atom. The van der Waals surface area contributed by atoms with Gasteiger partial charge in [0.25, 0.3) is 5.91 Å². The third-order valence-electron chi connectivity index (χ3n) is 3.74. The van der Waals surface area contributed by atoms with Crippen LogP contribution in [0.25, 0.3) is 10.2 Å². The number of rotatable bonds is 4. The number of carbonyl (C=O) groups excluding carboxylic acids is 1. The summed E-state index contributed by atoms with van der Waals surface area (Å²) in [6, 6.07) is 13.8. The number of carbonyl (C=O) groups is 1. The quantitative estimate of drug-likeness (QED) is 0.602. The van der Waals surface area contributed by atoms with Crippen LogP contribution in [0, 0.1) is 6.92 Å². The van der Waals surface area contributed by atoms with Crippen molar-refractivity contribution in [1.29, 1.82) is 0 Å². The van der Waals surface area contributed by atoms with Gasteiger partial charge in [0.05, 0.1) is 10.2 Å². The molecular weight excluding hydrogens is 404 g/mol. The van der Waals surface area contributed by atoms with Crippen LogP contribution >= 0.6 is 39.0 Å². The summed E-state index contributed by atoms with van der Waals surface area (Å²) in [6.07, 6.45) is 2.08. The Bertz CT molecular complexity index is 959. The zero-order chi connectivity index (χ0) is 17.1. The van der Waals surface area contributed by atoms with Crippen LogP contribution in [-0.2, 0) is 6.54 Å². The third kappa shape index (κ3) is 3.66. The molecule has 0 spiro atoms. The Labute approximate surface area is 157 Å². The highest BCUT2D eigenvalue weighted by atomic mass is 79.9. The van der Waals surface area contributed by atoms with E-state index < -0.39 is 0 Å². The van der Waals surface area contributed by atoms with Crippen molar-refractivity contribution in [3.05, 3.63) is 62.9 Å². The van der Waals surface area contributed by atoms with E-state index >= 15 is 0 Å². The average molecular weight is 421 g/mol. The highest BCUT2D eigenvalue weighted by Crippen LogP contribution is 2.22. The number of thiazole rings is 1. The molecule has 0 bridgehead atoms. The SMILES string of the molecule is CSCCn1c(=NC(=O)c2ccccc2C)sc2cc(Br)ccc21. The van der Waals surface area contributed by atoms with Gasteiger partial charge in [-0.1, -0.05) is 45.5 Å². The molecule has 0 atom stereocenters. The molecule has 0 aliphatic rings. The maximum absolute atomic E-state index is 12.6. The number of hydrogen-bond donors (Lipinski definition) is 0. The number of fused-ring (bicyclic) bond motifs is 1. The Morgan fingerprint density at radius 3 is 2.83 bits per heavy atom. The maximum atomic E-state index is 12.6. The molecule has 1 amide bonds. The zero-order valence-electron chi connectivity index (χ0n) is 13.5. The van der Waals surface area contributed by atoms with E-state index in [1.807, 2.05) is 37.3 Å². The first-order valence-electron chi connectivity index (χ1n) is 7.52. The lowest BCUT2D eigenvalue weighted by molar-refractivity contribution is 0.0997. The van der Waals surface area contributed by atoms with Gasteiger partial charge in [-0.2, -0.15) is 16.8 Å². The highest BCUT2D eigenvalue weighted by Gasteiger charge is 2.11. The van der Waals surface area contributed by atoms with Gasteiger partial charge in [0.15, 0.2) is 4.80 Å². The molecule has 0 aliphatic carbocycles. The number of amides is 1. The van der Waals surface area contributed by atoms with E-state index in [0.717, 1.165) is 37.4 Å². The second-order valence-electron chi connectivity index (χ2n) is 5.37. The van der Waals surface area contributed by atoms with Gasteiger partial charge in [0.2, 0.25) is 0 Å². The van der Waals surface area contributed by atoms with Crippen LogP contribution in [0.5, 0.6) is 0 Å². The summed E-state index contributed by atoms with van der Waals surface area (Å²) in [5, 5.41) is 0. The fourth-order valence-corrected chi connectivity index (χ4v) is 4.46. The Balaban J connectivity index is 2.13. The van der Waals surface area contributed by atoms with Crippen LogP contribution in [0.1, 0.15) is 15.9 Å². The summed E-state index contributed by atoms with van der Waals surface area (Å²) in [4.78, 5) is 17.8. The minimum Gasteiger partial charge on any atom is -0.316 e. The Kier molecular flexibility index (Phi) is 5.58. The molecule has 0 saturated heterocycles. The monoisotopic (exact) mass is 420 g/mol. The number of thioether (sulfide) groups is 1. The molecule has 2 aromatic carbocycles. The predicted octanol–water partition coefficient (Wildman–Crippen LogP) is 4.88. The van der Waals surface area contributed by atoms with E-state index in [1.165, 1.54) is 0 Å². The van der Waals surface area contributed by atoms with Crippen molar-refractivity contribution >= 4 is 55.2 Å². The van der Waals surface area contributed by atoms with E-state index in [9.17, 15) is 4.79 Å². The third-order valence-corrected chi connectivity index (χ3v) is 5.86. The molecule has 0 unspecified atom stereocenters. The summed E-state index contributed by atoms with van der Waals surface area (Å²) in [5.41, 5.74) is 2.73. The van der Waals surface area contributed by atoms with Crippen molar-refractivity contribution in [1.82, 2.24) is 4.57 Å². The van der Waals surface area contributed by atoms with E-state index in [0.29, 0.717) is 5.56 Å². The van der Waals surface area contributed by atoms with Crippen LogP contribution in [0.3, 0.4) is 0 Å². The van der Waals surface area contributed by atoms with Gasteiger partial charge in [-0.25, -0.2) is 0 Å². The lowest BCUT2D eigenvalue weighted by Gasteiger charge is -2.04. The predicted molar refractivity (Wildman–Crippen MR) is 107 cm³/mol. The van der Waals surface area contributed by atoms with Crippen molar-refractivity contribution in [3.63, 3.8) is 0 Å². The molecule has 3 aromatic rings. The summed E-state index contributed by atoms with van der Waals surface area (Å²) in [6.45, 7) is 2.77. The molecule has 24 heavy (non-hydrogen) atoms. The molecule has 0 radical (unpaired) electrons. The fourth-order valence-electron chi connectivity index (χ4n) is 2.49. The number of halogens is 1. The highest BCUT2D eigenvalue weighted by molar-refractivity contribution is 9.10. The van der Waals surface area contributed by atoms with E-state index in [1.54, 1.807) is 23.1 Å². The van der Waals surface area contributed by atoms with Crippen LogP contribution in [-0.4, -0.2) is 22.5 Å². The van der Waals surface area contributed by atoms with E-state index in [2.05, 4.69) is 43.9 Å². The normalized spacial score (nSPS) is 12.0. The van der Waals surface area contributed by atoms with E-state index in [4.69, 9.17) is 0 Å². The van der Waals surface area contributed by atoms with Gasteiger partial charge < -0.3 is 4.57 Å². The van der Waals surface area contributed by atoms with Crippen molar-refractivity contribution < 1.29 is 4.79 Å². The average Bonchev–Trinajstić information content (AvgIpc) is 2.89. The summed E-state index contributed by atoms with van der Waals surface area (Å²) in [5.74, 6) is 0.796. The van der Waals surface area contributed by atoms with Crippen molar-refractivity contribution in [2.75, 3.05) is 12.0 Å². The van der Waals surface area contributed by atoms with Crippen molar-refractivity contribution in [2.24, 2.45) is 4.99 Å². The van der Waals surface area contributed by atoms with Gasteiger partial charge in [-0.3, -0.25) is 4.79 Å². The van der Waals surface area contributed by atoms with Gasteiger partial charge in [0, 0.05) is 22.3 Å². The van der Waals surface area contributed by atoms with Crippen LogP contribution in [0.15, 0.2) is 51.9 Å². The molecule has 1 aromatic heterocycles.